The number of carbonyl (C=O) groups excluding carboxylic acids is 1. The number of ether oxygens (including phenoxy) is 2. The van der Waals surface area contributed by atoms with Gasteiger partial charge in [-0.15, -0.1) is 0 Å². The highest BCUT2D eigenvalue weighted by molar-refractivity contribution is 6.32. The van der Waals surface area contributed by atoms with Crippen LogP contribution in [0.1, 0.15) is 33.8 Å². The number of hydrogen-bond acceptors (Lipinski definition) is 4. The van der Waals surface area contributed by atoms with Crippen molar-refractivity contribution in [2.24, 2.45) is 0 Å². The van der Waals surface area contributed by atoms with Gasteiger partial charge in [0.05, 0.1) is 17.5 Å². The largest absolute Gasteiger partial charge is 0.493 e. The number of hydrogen-bond donors (Lipinski definition) is 2. The molecule has 2 N–H and O–H groups in total. The summed E-state index contributed by atoms with van der Waals surface area (Å²) in [6.07, 6.45) is -1.38. The Morgan fingerprint density at radius 2 is 1.85 bits per heavy atom. The molecule has 34 heavy (non-hydrogen) atoms. The first-order valence-corrected chi connectivity index (χ1v) is 10.8. The van der Waals surface area contributed by atoms with E-state index in [0.717, 1.165) is 0 Å². The smallest absolute Gasteiger partial charge is 0.311 e. The van der Waals surface area contributed by atoms with Gasteiger partial charge in [0.1, 0.15) is 23.1 Å². The van der Waals surface area contributed by atoms with Crippen LogP contribution in [0, 0.1) is 5.82 Å². The zero-order chi connectivity index (χ0) is 24.2. The van der Waals surface area contributed by atoms with Crippen LogP contribution in [-0.2, 0) is 11.2 Å². The first-order valence-electron chi connectivity index (χ1n) is 10.5. The van der Waals surface area contributed by atoms with Gasteiger partial charge in [0.15, 0.2) is 6.30 Å². The molecule has 176 valence electrons. The van der Waals surface area contributed by atoms with Crippen LogP contribution in [0.3, 0.4) is 0 Å². The Kier molecular flexibility index (Phi) is 6.98. The Bertz CT molecular complexity index is 1200. The van der Waals surface area contributed by atoms with Crippen molar-refractivity contribution in [3.8, 4) is 17.2 Å². The van der Waals surface area contributed by atoms with Gasteiger partial charge >= 0.3 is 5.97 Å². The SMILES string of the molecule is O=C(NC(F)Cc1ccc(F)cc1)c1ccc(Oc2cc3c(cc2Cl)C(C(=O)O)CCO3)cc1. The van der Waals surface area contributed by atoms with E-state index in [-0.39, 0.29) is 29.4 Å². The summed E-state index contributed by atoms with van der Waals surface area (Å²) >= 11 is 6.30. The molecule has 0 radical (unpaired) electrons. The third kappa shape index (κ3) is 5.46. The molecule has 2 unspecified atom stereocenters. The number of halogens is 3. The Hall–Kier alpha value is -3.65. The molecular formula is C25H20ClF2NO5. The minimum Gasteiger partial charge on any atom is -0.493 e. The molecular weight excluding hydrogens is 468 g/mol. The fourth-order valence-electron chi connectivity index (χ4n) is 3.63. The fourth-order valence-corrected chi connectivity index (χ4v) is 3.84. The summed E-state index contributed by atoms with van der Waals surface area (Å²) in [5.41, 5.74) is 1.27. The van der Waals surface area contributed by atoms with E-state index < -0.39 is 29.9 Å². The molecule has 0 saturated heterocycles. The van der Waals surface area contributed by atoms with Gasteiger partial charge in [-0.2, -0.15) is 0 Å². The molecule has 1 heterocycles. The second kappa shape index (κ2) is 10.1. The Morgan fingerprint density at radius 1 is 1.15 bits per heavy atom. The zero-order valence-electron chi connectivity index (χ0n) is 17.8. The van der Waals surface area contributed by atoms with Crippen molar-refractivity contribution in [2.45, 2.75) is 25.1 Å². The average Bonchev–Trinajstić information content (AvgIpc) is 2.81. The topological polar surface area (TPSA) is 84.9 Å². The molecule has 0 aromatic heterocycles. The number of carboxylic acid groups (broad SMARTS) is 1. The number of rotatable bonds is 7. The summed E-state index contributed by atoms with van der Waals surface area (Å²) in [5, 5.41) is 11.9. The van der Waals surface area contributed by atoms with Gasteiger partial charge in [-0.3, -0.25) is 9.59 Å². The first kappa shape index (κ1) is 23.5. The van der Waals surface area contributed by atoms with Crippen LogP contribution < -0.4 is 14.8 Å². The molecule has 2 atom stereocenters. The van der Waals surface area contributed by atoms with Crippen LogP contribution in [0.5, 0.6) is 17.2 Å². The molecule has 0 aliphatic carbocycles. The van der Waals surface area contributed by atoms with Crippen LogP contribution in [0.25, 0.3) is 0 Å². The lowest BCUT2D eigenvalue weighted by Gasteiger charge is -2.24. The molecule has 1 aliphatic rings. The monoisotopic (exact) mass is 487 g/mol. The summed E-state index contributed by atoms with van der Waals surface area (Å²) in [5.74, 6) is -1.64. The minimum atomic E-state index is -1.64. The average molecular weight is 488 g/mol. The molecule has 0 spiro atoms. The van der Waals surface area contributed by atoms with E-state index in [1.807, 2.05) is 0 Å². The quantitative estimate of drug-likeness (QED) is 0.430. The van der Waals surface area contributed by atoms with Gasteiger partial charge in [-0.25, -0.2) is 8.78 Å². The predicted molar refractivity (Wildman–Crippen MR) is 121 cm³/mol. The van der Waals surface area contributed by atoms with Gasteiger partial charge < -0.3 is 19.9 Å². The molecule has 3 aromatic carbocycles. The number of aliphatic carboxylic acids is 1. The number of carbonyl (C=O) groups is 2. The van der Waals surface area contributed by atoms with Crippen molar-refractivity contribution >= 4 is 23.5 Å². The van der Waals surface area contributed by atoms with E-state index in [9.17, 15) is 23.5 Å². The zero-order valence-corrected chi connectivity index (χ0v) is 18.5. The number of benzene rings is 3. The first-order chi connectivity index (χ1) is 16.3. The number of amides is 1. The van der Waals surface area contributed by atoms with Crippen molar-refractivity contribution in [3.63, 3.8) is 0 Å². The van der Waals surface area contributed by atoms with Crippen molar-refractivity contribution in [1.29, 1.82) is 0 Å². The van der Waals surface area contributed by atoms with Crippen LogP contribution in [0.2, 0.25) is 5.02 Å². The van der Waals surface area contributed by atoms with Gasteiger partial charge in [-0.1, -0.05) is 23.7 Å². The van der Waals surface area contributed by atoms with Crippen LogP contribution in [0.15, 0.2) is 60.7 Å². The minimum absolute atomic E-state index is 0.0884. The summed E-state index contributed by atoms with van der Waals surface area (Å²) in [6.45, 7) is 0.269. The van der Waals surface area contributed by atoms with E-state index in [4.69, 9.17) is 21.1 Å². The Morgan fingerprint density at radius 3 is 2.53 bits per heavy atom. The number of carboxylic acids is 1. The summed E-state index contributed by atoms with van der Waals surface area (Å²) in [6, 6.07) is 14.4. The second-order valence-corrected chi connectivity index (χ2v) is 8.15. The highest BCUT2D eigenvalue weighted by Crippen LogP contribution is 2.41. The molecule has 9 heteroatoms. The third-order valence-electron chi connectivity index (χ3n) is 5.36. The Labute approximate surface area is 199 Å². The van der Waals surface area contributed by atoms with Gasteiger partial charge in [0.25, 0.3) is 5.91 Å². The maximum atomic E-state index is 14.2. The van der Waals surface area contributed by atoms with Crippen molar-refractivity contribution in [3.05, 3.63) is 88.2 Å². The number of fused-ring (bicyclic) bond motifs is 1. The van der Waals surface area contributed by atoms with Crippen LogP contribution in [0.4, 0.5) is 8.78 Å². The van der Waals surface area contributed by atoms with Gasteiger partial charge in [0.2, 0.25) is 0 Å². The lowest BCUT2D eigenvalue weighted by molar-refractivity contribution is -0.139. The lowest BCUT2D eigenvalue weighted by atomic mass is 9.93. The number of alkyl halides is 1. The maximum Gasteiger partial charge on any atom is 0.311 e. The highest BCUT2D eigenvalue weighted by atomic mass is 35.5. The van der Waals surface area contributed by atoms with E-state index in [1.165, 1.54) is 60.7 Å². The van der Waals surface area contributed by atoms with E-state index in [2.05, 4.69) is 5.32 Å². The lowest BCUT2D eigenvalue weighted by Crippen LogP contribution is -2.33. The molecule has 4 rings (SSSR count). The van der Waals surface area contributed by atoms with Gasteiger partial charge in [-0.05, 0) is 54.4 Å². The number of nitrogens with one attached hydrogen (secondary N) is 1. The summed E-state index contributed by atoms with van der Waals surface area (Å²) < 4.78 is 38.5. The van der Waals surface area contributed by atoms with E-state index >= 15 is 0 Å². The van der Waals surface area contributed by atoms with Crippen LogP contribution in [-0.4, -0.2) is 29.9 Å². The van der Waals surface area contributed by atoms with Crippen molar-refractivity contribution < 1.29 is 33.0 Å². The van der Waals surface area contributed by atoms with Crippen molar-refractivity contribution in [1.82, 2.24) is 5.32 Å². The second-order valence-electron chi connectivity index (χ2n) is 7.75. The molecule has 6 nitrogen and oxygen atoms in total. The standard InChI is InChI=1S/C25H20ClF2NO5/c26-20-12-19-18(25(31)32)9-10-33-21(19)13-22(20)34-17-7-3-15(4-8-17)24(30)29-23(28)11-14-1-5-16(27)6-2-14/h1-8,12-13,18,23H,9-11H2,(H,29,30)(H,31,32). The van der Waals surface area contributed by atoms with Gasteiger partial charge in [0, 0.05) is 23.6 Å². The Balaban J connectivity index is 1.40. The summed E-state index contributed by atoms with van der Waals surface area (Å²) in [7, 11) is 0. The van der Waals surface area contributed by atoms with Crippen LogP contribution >= 0.6 is 11.6 Å². The molecule has 0 bridgehead atoms. The molecule has 1 aliphatic heterocycles. The molecule has 1 amide bonds. The highest BCUT2D eigenvalue weighted by Gasteiger charge is 2.29. The van der Waals surface area contributed by atoms with E-state index in [1.54, 1.807) is 0 Å². The van der Waals surface area contributed by atoms with E-state index in [0.29, 0.717) is 29.0 Å². The maximum absolute atomic E-state index is 14.2. The molecule has 0 fully saturated rings. The normalized spacial score (nSPS) is 15.6. The fraction of sp³-hybridized carbons (Fsp3) is 0.200. The molecule has 0 saturated carbocycles. The predicted octanol–water partition coefficient (Wildman–Crippen LogP) is 5.49. The molecule has 3 aromatic rings. The summed E-state index contributed by atoms with van der Waals surface area (Å²) in [4.78, 5) is 23.8. The van der Waals surface area contributed by atoms with Crippen molar-refractivity contribution in [2.75, 3.05) is 6.61 Å². The third-order valence-corrected chi connectivity index (χ3v) is 5.66.